The molecule has 0 aliphatic heterocycles. The molecule has 0 aliphatic carbocycles. The molecule has 3 aromatic rings. The first kappa shape index (κ1) is 21.5. The highest BCUT2D eigenvalue weighted by Crippen LogP contribution is 2.28. The number of hydrogen-bond acceptors (Lipinski definition) is 7. The van der Waals surface area contributed by atoms with Gasteiger partial charge in [-0.3, -0.25) is 24.2 Å². The van der Waals surface area contributed by atoms with Gasteiger partial charge in [0.05, 0.1) is 10.6 Å². The number of hydrogen-bond donors (Lipinski definition) is 3. The summed E-state index contributed by atoms with van der Waals surface area (Å²) in [6.07, 6.45) is 4.53. The minimum atomic E-state index is -0.273. The Morgan fingerprint density at radius 1 is 1.32 bits per heavy atom. The smallest absolute Gasteiger partial charge is 0.276 e. The van der Waals surface area contributed by atoms with E-state index in [1.807, 2.05) is 30.6 Å². The average Bonchev–Trinajstić information content (AvgIpc) is 3.36. The van der Waals surface area contributed by atoms with Crippen molar-refractivity contribution in [3.05, 3.63) is 40.5 Å². The van der Waals surface area contributed by atoms with Crippen LogP contribution in [0.25, 0.3) is 10.3 Å². The molecule has 150 valence electrons. The summed E-state index contributed by atoms with van der Waals surface area (Å²) in [4.78, 5) is 29.6. The van der Waals surface area contributed by atoms with E-state index >= 15 is 0 Å². The molecule has 1 amide bonds. The number of aromatic nitrogens is 4. The lowest BCUT2D eigenvalue weighted by molar-refractivity contribution is 0.101. The minimum absolute atomic E-state index is 0.273. The van der Waals surface area contributed by atoms with Crippen LogP contribution in [0.5, 0.6) is 0 Å². The van der Waals surface area contributed by atoms with Crippen molar-refractivity contribution in [3.8, 4) is 0 Å². The van der Waals surface area contributed by atoms with Crippen molar-refractivity contribution in [2.75, 3.05) is 18.9 Å². The quantitative estimate of drug-likeness (QED) is 0.407. The van der Waals surface area contributed by atoms with E-state index in [-0.39, 0.29) is 5.91 Å². The predicted molar refractivity (Wildman–Crippen MR) is 112 cm³/mol. The number of nitrogens with zero attached hydrogens (tertiary/aromatic N) is 4. The number of aryl methyl sites for hydroxylation is 2. The van der Waals surface area contributed by atoms with Gasteiger partial charge in [-0.1, -0.05) is 12.2 Å². The van der Waals surface area contributed by atoms with Gasteiger partial charge in [0.25, 0.3) is 5.91 Å². The number of imidazole rings is 1. The second-order valence-electron chi connectivity index (χ2n) is 5.65. The summed E-state index contributed by atoms with van der Waals surface area (Å²) in [6, 6.07) is 3.46. The number of rotatable bonds is 7. The Labute approximate surface area is 167 Å². The summed E-state index contributed by atoms with van der Waals surface area (Å²) >= 11 is 1.34. The summed E-state index contributed by atoms with van der Waals surface area (Å²) in [5, 5.41) is 7.16. The molecule has 5 N–H and O–H groups in total. The first-order valence-electron chi connectivity index (χ1n) is 8.81. The topological polar surface area (TPSA) is 134 Å². The van der Waals surface area contributed by atoms with Gasteiger partial charge in [-0.25, -0.2) is 4.98 Å². The molecule has 0 unspecified atom stereocenters. The Morgan fingerprint density at radius 3 is 2.71 bits per heavy atom. The maximum Gasteiger partial charge on any atom is 0.276 e. The lowest BCUT2D eigenvalue weighted by Gasteiger charge is -2.08. The van der Waals surface area contributed by atoms with Crippen LogP contribution < -0.4 is 16.8 Å². The van der Waals surface area contributed by atoms with Crippen LogP contribution in [-0.4, -0.2) is 45.1 Å². The Balaban J connectivity index is 0.00000136. The van der Waals surface area contributed by atoms with Gasteiger partial charge in [-0.15, -0.1) is 11.3 Å². The molecule has 0 saturated heterocycles. The Morgan fingerprint density at radius 2 is 2.07 bits per heavy atom. The molecule has 3 heterocycles. The number of aldehydes is 1. The predicted octanol–water partition coefficient (Wildman–Crippen LogP) is 1.78. The molecule has 3 rings (SSSR count). The molecule has 0 spiro atoms. The van der Waals surface area contributed by atoms with Crippen LogP contribution >= 0.6 is 11.3 Å². The monoisotopic (exact) mass is 403 g/mol. The van der Waals surface area contributed by atoms with E-state index in [0.717, 1.165) is 16.8 Å². The van der Waals surface area contributed by atoms with Crippen LogP contribution in [0.2, 0.25) is 0 Å². The van der Waals surface area contributed by atoms with Crippen LogP contribution in [0.1, 0.15) is 32.8 Å². The lowest BCUT2D eigenvalue weighted by atomic mass is 10.3. The molecule has 9 nitrogen and oxygen atoms in total. The molecule has 0 atom stereocenters. The molecule has 10 heteroatoms. The fraction of sp³-hybridized carbons (Fsp3) is 0.333. The highest BCUT2D eigenvalue weighted by atomic mass is 32.1. The Kier molecular flexibility index (Phi) is 7.61. The number of thiophene rings is 1. The zero-order valence-corrected chi connectivity index (χ0v) is 17.0. The molecule has 0 bridgehead atoms. The number of allylic oxidation sites excluding steroid dienone is 1. The molecule has 3 aromatic heterocycles. The number of nitrogens with one attached hydrogen (secondary N) is 1. The van der Waals surface area contributed by atoms with Gasteiger partial charge in [0, 0.05) is 19.6 Å². The van der Waals surface area contributed by atoms with Crippen molar-refractivity contribution in [2.24, 2.45) is 11.5 Å². The second kappa shape index (κ2) is 9.93. The van der Waals surface area contributed by atoms with Crippen molar-refractivity contribution in [2.45, 2.75) is 26.9 Å². The maximum absolute atomic E-state index is 12.7. The molecule has 0 radical (unpaired) electrons. The van der Waals surface area contributed by atoms with E-state index in [1.54, 1.807) is 16.8 Å². The van der Waals surface area contributed by atoms with E-state index in [4.69, 9.17) is 5.73 Å². The van der Waals surface area contributed by atoms with Crippen molar-refractivity contribution in [3.63, 3.8) is 0 Å². The molecular weight excluding hydrogens is 378 g/mol. The van der Waals surface area contributed by atoms with E-state index in [2.05, 4.69) is 21.1 Å². The zero-order chi connectivity index (χ0) is 20.7. The normalized spacial score (nSPS) is 10.9. The number of carbonyl (C=O) groups is 2. The van der Waals surface area contributed by atoms with Crippen LogP contribution in [0, 0.1) is 6.92 Å². The van der Waals surface area contributed by atoms with Crippen molar-refractivity contribution >= 4 is 39.8 Å². The minimum Gasteiger partial charge on any atom is -0.333 e. The van der Waals surface area contributed by atoms with Gasteiger partial charge in [-0.2, -0.15) is 5.10 Å². The van der Waals surface area contributed by atoms with Crippen molar-refractivity contribution < 1.29 is 9.59 Å². The molecule has 0 aliphatic rings. The molecule has 28 heavy (non-hydrogen) atoms. The molecule has 0 saturated carbocycles. The molecule has 0 aromatic carbocycles. The fourth-order valence-electron chi connectivity index (χ4n) is 2.67. The third kappa shape index (κ3) is 4.53. The fourth-order valence-corrected chi connectivity index (χ4v) is 3.59. The van der Waals surface area contributed by atoms with Gasteiger partial charge in [0.15, 0.2) is 6.29 Å². The number of amides is 1. The van der Waals surface area contributed by atoms with Crippen LogP contribution in [0.3, 0.4) is 0 Å². The van der Waals surface area contributed by atoms with Gasteiger partial charge >= 0.3 is 0 Å². The maximum atomic E-state index is 12.7. The van der Waals surface area contributed by atoms with Crippen LogP contribution in [0.4, 0.5) is 5.95 Å². The third-order valence-corrected chi connectivity index (χ3v) is 4.88. The Hall–Kier alpha value is -2.82. The van der Waals surface area contributed by atoms with Gasteiger partial charge < -0.3 is 11.5 Å². The van der Waals surface area contributed by atoms with Crippen LogP contribution in [0.15, 0.2) is 24.3 Å². The summed E-state index contributed by atoms with van der Waals surface area (Å²) in [5.74, 6) is 0.154. The Bertz CT molecular complexity index is 984. The van der Waals surface area contributed by atoms with Crippen molar-refractivity contribution in [1.82, 2.24) is 19.3 Å². The van der Waals surface area contributed by atoms with E-state index in [0.29, 0.717) is 41.7 Å². The second-order valence-corrected chi connectivity index (χ2v) is 6.71. The SMILES string of the molecule is CCn1nc(C)cc1C(=O)Nc1nc2cc(C=O)sc2n1C/C=C/CN.CN. The highest BCUT2D eigenvalue weighted by molar-refractivity contribution is 7.20. The van der Waals surface area contributed by atoms with E-state index < -0.39 is 0 Å². The zero-order valence-electron chi connectivity index (χ0n) is 16.2. The largest absolute Gasteiger partial charge is 0.333 e. The lowest BCUT2D eigenvalue weighted by Crippen LogP contribution is -2.19. The summed E-state index contributed by atoms with van der Waals surface area (Å²) in [7, 11) is 1.50. The molecule has 0 fully saturated rings. The number of carbonyl (C=O) groups excluding carboxylic acids is 2. The summed E-state index contributed by atoms with van der Waals surface area (Å²) in [5.41, 5.74) is 11.9. The van der Waals surface area contributed by atoms with Gasteiger partial charge in [-0.05, 0) is 33.0 Å². The van der Waals surface area contributed by atoms with E-state index in [1.165, 1.54) is 18.4 Å². The first-order chi connectivity index (χ1) is 13.6. The van der Waals surface area contributed by atoms with Crippen LogP contribution in [-0.2, 0) is 13.1 Å². The summed E-state index contributed by atoms with van der Waals surface area (Å²) < 4.78 is 3.51. The standard InChI is InChI=1S/C17H20N6O2S.CH5N/c1-3-23-14(8-11(2)21-23)15(25)20-17-19-13-9-12(10-24)26-16(13)22(17)7-5-4-6-18;1-2/h4-5,8-10H,3,6-7,18H2,1-2H3,(H,19,20,25);2H2,1H3/b5-4+;. The number of nitrogens with two attached hydrogens (primary N) is 2. The van der Waals surface area contributed by atoms with Gasteiger partial charge in [0.2, 0.25) is 5.95 Å². The molecular formula is C18H25N7O2S. The first-order valence-corrected chi connectivity index (χ1v) is 9.62. The summed E-state index contributed by atoms with van der Waals surface area (Å²) in [6.45, 7) is 5.30. The average molecular weight is 404 g/mol. The van der Waals surface area contributed by atoms with E-state index in [9.17, 15) is 9.59 Å². The number of fused-ring (bicyclic) bond motifs is 1. The third-order valence-electron chi connectivity index (χ3n) is 3.81. The van der Waals surface area contributed by atoms with Gasteiger partial charge in [0.1, 0.15) is 16.0 Å². The van der Waals surface area contributed by atoms with Crippen molar-refractivity contribution in [1.29, 1.82) is 0 Å². The number of anilines is 1. The highest BCUT2D eigenvalue weighted by Gasteiger charge is 2.19.